The van der Waals surface area contributed by atoms with Gasteiger partial charge in [-0.15, -0.1) is 9.81 Å². The van der Waals surface area contributed by atoms with Crippen LogP contribution in [0, 0.1) is 9.81 Å². The Kier molecular flexibility index (Phi) is 4.21. The van der Waals surface area contributed by atoms with E-state index in [9.17, 15) is 14.6 Å². The van der Waals surface area contributed by atoms with Crippen molar-refractivity contribution >= 4 is 23.7 Å². The van der Waals surface area contributed by atoms with Crippen LogP contribution in [0.3, 0.4) is 0 Å². The zero-order valence-electron chi connectivity index (χ0n) is 9.45. The Hall–Kier alpha value is -2.37. The standard InChI is InChI=1S/C11H11N3O3/c1-14(2)6-5-8-3-4-10(12-16)9(7-15)11(8)13-17/h3-7H,1-2H3/b6-5+. The number of hydrogen-bond donors (Lipinski definition) is 0. The Bertz CT molecular complexity index is 481. The van der Waals surface area contributed by atoms with Gasteiger partial charge in [0.1, 0.15) is 11.4 Å². The Morgan fingerprint density at radius 2 is 1.88 bits per heavy atom. The van der Waals surface area contributed by atoms with Crippen molar-refractivity contribution in [3.63, 3.8) is 0 Å². The molecule has 1 rings (SSSR count). The van der Waals surface area contributed by atoms with E-state index in [4.69, 9.17) is 0 Å². The van der Waals surface area contributed by atoms with Crippen molar-refractivity contribution in [1.29, 1.82) is 0 Å². The zero-order valence-corrected chi connectivity index (χ0v) is 9.45. The van der Waals surface area contributed by atoms with Crippen molar-refractivity contribution in [1.82, 2.24) is 4.90 Å². The molecule has 0 unspecified atom stereocenters. The van der Waals surface area contributed by atoms with Crippen molar-refractivity contribution in [2.45, 2.75) is 0 Å². The molecule has 0 aliphatic rings. The lowest BCUT2D eigenvalue weighted by molar-refractivity contribution is 0.112. The fraction of sp³-hybridized carbons (Fsp3) is 0.182. The zero-order chi connectivity index (χ0) is 12.8. The lowest BCUT2D eigenvalue weighted by Gasteiger charge is -2.05. The SMILES string of the molecule is CN(C)/C=C/c1ccc(N=O)c(C=O)c1N=O. The maximum absolute atomic E-state index is 10.8. The van der Waals surface area contributed by atoms with Crippen LogP contribution in [-0.4, -0.2) is 25.3 Å². The highest BCUT2D eigenvalue weighted by Gasteiger charge is 2.12. The van der Waals surface area contributed by atoms with Crippen LogP contribution in [0.25, 0.3) is 6.08 Å². The molecule has 0 bridgehead atoms. The molecule has 0 saturated carbocycles. The summed E-state index contributed by atoms with van der Waals surface area (Å²) in [5.41, 5.74) is 0.214. The van der Waals surface area contributed by atoms with Gasteiger partial charge in [-0.1, -0.05) is 6.07 Å². The third kappa shape index (κ3) is 2.81. The molecule has 0 aliphatic carbocycles. The van der Waals surface area contributed by atoms with Crippen molar-refractivity contribution in [3.8, 4) is 0 Å². The van der Waals surface area contributed by atoms with E-state index in [1.54, 1.807) is 17.2 Å². The average Bonchev–Trinajstić information content (AvgIpc) is 2.34. The highest BCUT2D eigenvalue weighted by molar-refractivity contribution is 5.93. The van der Waals surface area contributed by atoms with Gasteiger partial charge < -0.3 is 4.90 Å². The van der Waals surface area contributed by atoms with Gasteiger partial charge in [-0.2, -0.15) is 0 Å². The molecule has 0 heterocycles. The summed E-state index contributed by atoms with van der Waals surface area (Å²) >= 11 is 0. The Labute approximate surface area is 97.9 Å². The van der Waals surface area contributed by atoms with Crippen LogP contribution in [0.5, 0.6) is 0 Å². The molecule has 0 saturated heterocycles. The summed E-state index contributed by atoms with van der Waals surface area (Å²) in [6, 6.07) is 2.89. The molecule has 0 aromatic heterocycles. The van der Waals surface area contributed by atoms with Crippen molar-refractivity contribution in [2.24, 2.45) is 10.4 Å². The second-order valence-corrected chi connectivity index (χ2v) is 3.52. The summed E-state index contributed by atoms with van der Waals surface area (Å²) in [5.74, 6) is 0. The van der Waals surface area contributed by atoms with E-state index in [0.717, 1.165) is 0 Å². The molecule has 1 aromatic carbocycles. The minimum Gasteiger partial charge on any atom is -0.383 e. The Morgan fingerprint density at radius 3 is 2.35 bits per heavy atom. The summed E-state index contributed by atoms with van der Waals surface area (Å²) < 4.78 is 0. The number of benzene rings is 1. The van der Waals surface area contributed by atoms with Gasteiger partial charge in [0.25, 0.3) is 0 Å². The fourth-order valence-corrected chi connectivity index (χ4v) is 1.28. The van der Waals surface area contributed by atoms with Crippen molar-refractivity contribution in [3.05, 3.63) is 39.3 Å². The molecule has 0 fully saturated rings. The second kappa shape index (κ2) is 5.64. The first kappa shape index (κ1) is 12.7. The van der Waals surface area contributed by atoms with Gasteiger partial charge in [-0.25, -0.2) is 0 Å². The molecule has 0 radical (unpaired) electrons. The molecule has 6 nitrogen and oxygen atoms in total. The maximum Gasteiger partial charge on any atom is 0.154 e. The molecule has 0 spiro atoms. The highest BCUT2D eigenvalue weighted by atomic mass is 16.3. The first-order valence-corrected chi connectivity index (χ1v) is 4.77. The third-order valence-electron chi connectivity index (χ3n) is 2.08. The Morgan fingerprint density at radius 1 is 1.18 bits per heavy atom. The smallest absolute Gasteiger partial charge is 0.154 e. The maximum atomic E-state index is 10.8. The van der Waals surface area contributed by atoms with Gasteiger partial charge in [0.2, 0.25) is 0 Å². The monoisotopic (exact) mass is 233 g/mol. The van der Waals surface area contributed by atoms with E-state index in [-0.39, 0.29) is 16.9 Å². The quantitative estimate of drug-likeness (QED) is 0.578. The summed E-state index contributed by atoms with van der Waals surface area (Å²) in [6.45, 7) is 0. The van der Waals surface area contributed by atoms with E-state index in [2.05, 4.69) is 10.4 Å². The van der Waals surface area contributed by atoms with Crippen LogP contribution in [0.4, 0.5) is 11.4 Å². The normalized spacial score (nSPS) is 10.2. The topological polar surface area (TPSA) is 79.2 Å². The molecule has 17 heavy (non-hydrogen) atoms. The molecular weight excluding hydrogens is 222 g/mol. The third-order valence-corrected chi connectivity index (χ3v) is 2.08. The Balaban J connectivity index is 3.38. The van der Waals surface area contributed by atoms with E-state index < -0.39 is 0 Å². The van der Waals surface area contributed by atoms with Gasteiger partial charge in [-0.05, 0) is 28.7 Å². The number of nitrogens with zero attached hydrogens (tertiary/aromatic N) is 3. The van der Waals surface area contributed by atoms with Crippen LogP contribution < -0.4 is 0 Å². The number of hydrogen-bond acceptors (Lipinski definition) is 6. The summed E-state index contributed by atoms with van der Waals surface area (Å²) in [4.78, 5) is 33.8. The van der Waals surface area contributed by atoms with Crippen LogP contribution in [0.15, 0.2) is 28.7 Å². The van der Waals surface area contributed by atoms with Crippen molar-refractivity contribution in [2.75, 3.05) is 14.1 Å². The van der Waals surface area contributed by atoms with Gasteiger partial charge in [0.15, 0.2) is 6.29 Å². The minimum absolute atomic E-state index is 0.0739. The lowest BCUT2D eigenvalue weighted by atomic mass is 10.1. The average molecular weight is 233 g/mol. The van der Waals surface area contributed by atoms with Crippen LogP contribution >= 0.6 is 0 Å². The molecule has 0 N–H and O–H groups in total. The van der Waals surface area contributed by atoms with E-state index in [1.807, 2.05) is 14.1 Å². The predicted molar refractivity (Wildman–Crippen MR) is 65.5 cm³/mol. The molecule has 0 atom stereocenters. The molecule has 6 heteroatoms. The van der Waals surface area contributed by atoms with Gasteiger partial charge in [0, 0.05) is 19.7 Å². The van der Waals surface area contributed by atoms with E-state index >= 15 is 0 Å². The summed E-state index contributed by atoms with van der Waals surface area (Å²) in [7, 11) is 3.62. The van der Waals surface area contributed by atoms with Crippen LogP contribution in [-0.2, 0) is 0 Å². The number of carbonyl (C=O) groups is 1. The largest absolute Gasteiger partial charge is 0.383 e. The number of rotatable bonds is 5. The lowest BCUT2D eigenvalue weighted by Crippen LogP contribution is -1.99. The molecule has 0 amide bonds. The first-order chi connectivity index (χ1) is 8.13. The fourth-order valence-electron chi connectivity index (χ4n) is 1.28. The highest BCUT2D eigenvalue weighted by Crippen LogP contribution is 2.32. The number of nitroso groups, excluding NO2 is 2. The van der Waals surface area contributed by atoms with E-state index in [0.29, 0.717) is 11.8 Å². The molecule has 1 aromatic rings. The van der Waals surface area contributed by atoms with Crippen LogP contribution in [0.2, 0.25) is 0 Å². The van der Waals surface area contributed by atoms with Crippen LogP contribution in [0.1, 0.15) is 15.9 Å². The van der Waals surface area contributed by atoms with Gasteiger partial charge in [0.05, 0.1) is 5.56 Å². The van der Waals surface area contributed by atoms with Gasteiger partial charge in [-0.3, -0.25) is 4.79 Å². The molecule has 0 aliphatic heterocycles. The van der Waals surface area contributed by atoms with Gasteiger partial charge >= 0.3 is 0 Å². The number of aldehydes is 1. The first-order valence-electron chi connectivity index (χ1n) is 4.77. The molecule has 88 valence electrons. The van der Waals surface area contributed by atoms with E-state index in [1.165, 1.54) is 12.1 Å². The molecular formula is C11H11N3O3. The second-order valence-electron chi connectivity index (χ2n) is 3.52. The predicted octanol–water partition coefficient (Wildman–Crippen LogP) is 2.83. The summed E-state index contributed by atoms with van der Waals surface area (Å²) in [5, 5.41) is 5.45. The summed E-state index contributed by atoms with van der Waals surface area (Å²) in [6.07, 6.45) is 3.73. The van der Waals surface area contributed by atoms with Crippen molar-refractivity contribution < 1.29 is 4.79 Å². The minimum atomic E-state index is -0.0871. The number of carbonyl (C=O) groups excluding carboxylic acids is 1.